The third kappa shape index (κ3) is 2.43. The van der Waals surface area contributed by atoms with E-state index in [1.54, 1.807) is 0 Å². The number of nitrogens with zero attached hydrogens (tertiary/aromatic N) is 3. The Labute approximate surface area is 87.3 Å². The van der Waals surface area contributed by atoms with Crippen molar-refractivity contribution in [3.63, 3.8) is 0 Å². The number of primary amides is 1. The molecule has 0 aliphatic heterocycles. The second-order valence-electron chi connectivity index (χ2n) is 2.78. The second-order valence-corrected chi connectivity index (χ2v) is 2.78. The molecular formula is C8H5F3N4O. The van der Waals surface area contributed by atoms with Crippen molar-refractivity contribution in [3.8, 4) is 0 Å². The predicted molar refractivity (Wildman–Crippen MR) is 48.8 cm³/mol. The van der Waals surface area contributed by atoms with Gasteiger partial charge in [-0.1, -0.05) is 11.2 Å². The monoisotopic (exact) mass is 230 g/mol. The van der Waals surface area contributed by atoms with E-state index in [1.165, 1.54) is 0 Å². The number of carbonyl (C=O) groups is 1. The number of azide groups is 1. The highest BCUT2D eigenvalue weighted by Gasteiger charge is 2.31. The number of hydrogen-bond donors (Lipinski definition) is 1. The number of halogens is 3. The van der Waals surface area contributed by atoms with Crippen LogP contribution >= 0.6 is 0 Å². The first-order chi connectivity index (χ1) is 7.36. The average Bonchev–Trinajstić information content (AvgIpc) is 2.16. The van der Waals surface area contributed by atoms with Gasteiger partial charge in [0.1, 0.15) is 0 Å². The number of rotatable bonds is 2. The molecular weight excluding hydrogens is 225 g/mol. The number of alkyl halides is 3. The highest BCUT2D eigenvalue weighted by Crippen LogP contribution is 2.32. The fraction of sp³-hybridized carbons (Fsp3) is 0.125. The molecule has 0 atom stereocenters. The van der Waals surface area contributed by atoms with Gasteiger partial charge in [0, 0.05) is 10.5 Å². The van der Waals surface area contributed by atoms with E-state index in [2.05, 4.69) is 10.0 Å². The topological polar surface area (TPSA) is 91.8 Å². The van der Waals surface area contributed by atoms with Crippen LogP contribution in [0, 0.1) is 0 Å². The fourth-order valence-corrected chi connectivity index (χ4v) is 1.05. The lowest BCUT2D eigenvalue weighted by Crippen LogP contribution is -2.13. The van der Waals surface area contributed by atoms with Crippen LogP contribution < -0.4 is 5.73 Å². The molecule has 0 spiro atoms. The first-order valence-corrected chi connectivity index (χ1v) is 3.92. The van der Waals surface area contributed by atoms with Crippen molar-refractivity contribution in [2.24, 2.45) is 10.8 Å². The molecule has 0 saturated heterocycles. The zero-order chi connectivity index (χ0) is 12.3. The zero-order valence-electron chi connectivity index (χ0n) is 7.69. The molecule has 0 fully saturated rings. The van der Waals surface area contributed by atoms with Crippen molar-refractivity contribution in [2.75, 3.05) is 0 Å². The summed E-state index contributed by atoms with van der Waals surface area (Å²) in [6.07, 6.45) is -4.58. The summed E-state index contributed by atoms with van der Waals surface area (Å²) in [5.41, 5.74) is 11.3. The van der Waals surface area contributed by atoms with Crippen LogP contribution in [0.3, 0.4) is 0 Å². The van der Waals surface area contributed by atoms with Gasteiger partial charge in [0.05, 0.1) is 11.3 Å². The van der Waals surface area contributed by atoms with Crippen LogP contribution in [0.5, 0.6) is 0 Å². The maximum atomic E-state index is 12.3. The second kappa shape index (κ2) is 4.11. The molecule has 0 aromatic heterocycles. The summed E-state index contributed by atoms with van der Waals surface area (Å²) >= 11 is 0. The normalized spacial score (nSPS) is 10.7. The van der Waals surface area contributed by atoms with Gasteiger partial charge in [0.15, 0.2) is 0 Å². The van der Waals surface area contributed by atoms with E-state index in [0.717, 1.165) is 6.07 Å². The highest BCUT2D eigenvalue weighted by molar-refractivity contribution is 5.97. The molecule has 1 rings (SSSR count). The first-order valence-electron chi connectivity index (χ1n) is 3.92. The molecule has 0 aliphatic rings. The van der Waals surface area contributed by atoms with Gasteiger partial charge < -0.3 is 5.73 Å². The number of amides is 1. The summed E-state index contributed by atoms with van der Waals surface area (Å²) in [6, 6.07) is 2.14. The van der Waals surface area contributed by atoms with Crippen molar-refractivity contribution < 1.29 is 18.0 Å². The molecule has 0 unspecified atom stereocenters. The van der Waals surface area contributed by atoms with Crippen molar-refractivity contribution in [2.45, 2.75) is 6.18 Å². The van der Waals surface area contributed by atoms with Crippen LogP contribution in [0.1, 0.15) is 15.9 Å². The Morgan fingerprint density at radius 2 is 2.06 bits per heavy atom. The van der Waals surface area contributed by atoms with Crippen molar-refractivity contribution >= 4 is 11.6 Å². The average molecular weight is 230 g/mol. The van der Waals surface area contributed by atoms with Crippen molar-refractivity contribution in [1.82, 2.24) is 0 Å². The predicted octanol–water partition coefficient (Wildman–Crippen LogP) is 2.75. The molecule has 0 radical (unpaired) electrons. The van der Waals surface area contributed by atoms with Gasteiger partial charge in [0.2, 0.25) is 5.91 Å². The summed E-state index contributed by atoms with van der Waals surface area (Å²) in [7, 11) is 0. The molecule has 8 heteroatoms. The lowest BCUT2D eigenvalue weighted by atomic mass is 10.1. The largest absolute Gasteiger partial charge is 0.416 e. The van der Waals surface area contributed by atoms with E-state index in [1.807, 2.05) is 0 Å². The molecule has 16 heavy (non-hydrogen) atoms. The van der Waals surface area contributed by atoms with E-state index in [4.69, 9.17) is 11.3 Å². The maximum absolute atomic E-state index is 12.3. The Hall–Kier alpha value is -2.21. The molecule has 1 aromatic rings. The fourth-order valence-electron chi connectivity index (χ4n) is 1.05. The third-order valence-electron chi connectivity index (χ3n) is 1.74. The minimum Gasteiger partial charge on any atom is -0.366 e. The van der Waals surface area contributed by atoms with E-state index in [-0.39, 0.29) is 5.69 Å². The third-order valence-corrected chi connectivity index (χ3v) is 1.74. The zero-order valence-corrected chi connectivity index (χ0v) is 7.69. The Balaban J connectivity index is 3.39. The van der Waals surface area contributed by atoms with Gasteiger partial charge in [-0.15, -0.1) is 0 Å². The molecule has 84 valence electrons. The summed E-state index contributed by atoms with van der Waals surface area (Å²) < 4.78 is 36.9. The molecule has 0 heterocycles. The summed E-state index contributed by atoms with van der Waals surface area (Å²) in [5, 5.41) is 3.06. The van der Waals surface area contributed by atoms with Crippen LogP contribution in [0.15, 0.2) is 23.3 Å². The first kappa shape index (κ1) is 11.9. The van der Waals surface area contributed by atoms with E-state index < -0.39 is 23.2 Å². The Morgan fingerprint density at radius 1 is 1.44 bits per heavy atom. The van der Waals surface area contributed by atoms with Crippen LogP contribution in [-0.4, -0.2) is 5.91 Å². The van der Waals surface area contributed by atoms with Gasteiger partial charge in [-0.25, -0.2) is 0 Å². The minimum atomic E-state index is -4.58. The van der Waals surface area contributed by atoms with E-state index in [9.17, 15) is 18.0 Å². The van der Waals surface area contributed by atoms with Crippen LogP contribution in [0.4, 0.5) is 18.9 Å². The lowest BCUT2D eigenvalue weighted by Gasteiger charge is -2.08. The van der Waals surface area contributed by atoms with Gasteiger partial charge >= 0.3 is 6.18 Å². The van der Waals surface area contributed by atoms with Crippen LogP contribution in [0.25, 0.3) is 10.4 Å². The lowest BCUT2D eigenvalue weighted by molar-refractivity contribution is -0.137. The highest BCUT2D eigenvalue weighted by atomic mass is 19.4. The number of nitrogens with two attached hydrogens (primary N) is 1. The maximum Gasteiger partial charge on any atom is 0.416 e. The smallest absolute Gasteiger partial charge is 0.366 e. The van der Waals surface area contributed by atoms with Crippen LogP contribution in [0.2, 0.25) is 0 Å². The number of hydrogen-bond acceptors (Lipinski definition) is 2. The van der Waals surface area contributed by atoms with E-state index in [0.29, 0.717) is 12.1 Å². The number of benzene rings is 1. The van der Waals surface area contributed by atoms with E-state index >= 15 is 0 Å². The molecule has 1 aromatic carbocycles. The quantitative estimate of drug-likeness (QED) is 0.472. The summed E-state index contributed by atoms with van der Waals surface area (Å²) in [6.45, 7) is 0. The minimum absolute atomic E-state index is 0.233. The number of carbonyl (C=O) groups excluding carboxylic acids is 1. The molecule has 5 nitrogen and oxygen atoms in total. The molecule has 1 amide bonds. The Bertz CT molecular complexity index is 477. The molecule has 0 aliphatic carbocycles. The summed E-state index contributed by atoms with van der Waals surface area (Å²) in [4.78, 5) is 13.2. The SMILES string of the molecule is [N-]=[N+]=Nc1ccc(C(F)(F)F)cc1C(N)=O. The van der Waals surface area contributed by atoms with Gasteiger partial charge in [0.25, 0.3) is 0 Å². The Morgan fingerprint density at radius 3 is 2.50 bits per heavy atom. The van der Waals surface area contributed by atoms with Gasteiger partial charge in [-0.2, -0.15) is 13.2 Å². The van der Waals surface area contributed by atoms with Crippen LogP contribution in [-0.2, 0) is 6.18 Å². The van der Waals surface area contributed by atoms with Crippen molar-refractivity contribution in [1.29, 1.82) is 0 Å². The van der Waals surface area contributed by atoms with Crippen molar-refractivity contribution in [3.05, 3.63) is 39.8 Å². The van der Waals surface area contributed by atoms with Gasteiger partial charge in [-0.05, 0) is 17.7 Å². The molecule has 0 bridgehead atoms. The molecule has 0 saturated carbocycles. The molecule has 2 N–H and O–H groups in total. The summed E-state index contributed by atoms with van der Waals surface area (Å²) in [5.74, 6) is -1.09. The Kier molecular flexibility index (Phi) is 3.05. The standard InChI is InChI=1S/C8H5F3N4O/c9-8(10,11)4-1-2-6(14-15-13)5(3-4)7(12)16/h1-3H,(H2,12,16). The van der Waals surface area contributed by atoms with Gasteiger partial charge in [-0.3, -0.25) is 4.79 Å².